The third-order valence-electron chi connectivity index (χ3n) is 4.83. The van der Waals surface area contributed by atoms with Crippen LogP contribution in [-0.4, -0.2) is 20.2 Å². The maximum Gasteiger partial charge on any atom is 0.478 e. The lowest BCUT2D eigenvalue weighted by Gasteiger charge is -2.04. The summed E-state index contributed by atoms with van der Waals surface area (Å²) in [6.45, 7) is 2.26. The van der Waals surface area contributed by atoms with E-state index in [4.69, 9.17) is 14.7 Å². The van der Waals surface area contributed by atoms with Crippen LogP contribution < -0.4 is 0 Å². The van der Waals surface area contributed by atoms with Gasteiger partial charge in [-0.2, -0.15) is 14.7 Å². The molecule has 0 aromatic heterocycles. The first-order valence-electron chi connectivity index (χ1n) is 10.6. The molecule has 5 heteroatoms. The molecule has 0 radical (unpaired) electrons. The smallest absolute Gasteiger partial charge is 0.244 e. The second kappa shape index (κ2) is 17.4. The van der Waals surface area contributed by atoms with Gasteiger partial charge >= 0.3 is 13.5 Å². The molecule has 0 rings (SSSR count). The number of unbranched alkanes of at least 4 members (excludes halogenated alkanes) is 16. The van der Waals surface area contributed by atoms with Crippen molar-refractivity contribution in [3.05, 3.63) is 0 Å². The Morgan fingerprint density at radius 1 is 0.560 bits per heavy atom. The molecular weight excluding hydrogens is 335 g/mol. The van der Waals surface area contributed by atoms with E-state index in [2.05, 4.69) is 6.92 Å². The molecule has 0 atom stereocenters. The minimum Gasteiger partial charge on any atom is -0.244 e. The summed E-state index contributed by atoms with van der Waals surface area (Å²) in [4.78, 5) is 37.5. The second-order valence-corrected chi connectivity index (χ2v) is 9.00. The highest BCUT2D eigenvalue weighted by atomic mass is 31.2. The van der Waals surface area contributed by atoms with Gasteiger partial charge in [0.25, 0.3) is 0 Å². The van der Waals surface area contributed by atoms with E-state index < -0.39 is 13.5 Å². The average molecular weight is 378 g/mol. The molecule has 0 aromatic carbocycles. The van der Waals surface area contributed by atoms with Gasteiger partial charge in [-0.05, 0) is 6.42 Å². The molecule has 0 amide bonds. The summed E-state index contributed by atoms with van der Waals surface area (Å²) < 4.78 is 0. The lowest BCUT2D eigenvalue weighted by atomic mass is 10.0. The number of hydrogen-bond acceptors (Lipinski definition) is 4. The first-order valence-corrected chi connectivity index (χ1v) is 12.2. The summed E-state index contributed by atoms with van der Waals surface area (Å²) >= 11 is 0. The number of hydrogen-bond donors (Lipinski definition) is 3. The van der Waals surface area contributed by atoms with Crippen LogP contribution in [0.15, 0.2) is 0 Å². The molecule has 0 saturated heterocycles. The van der Waals surface area contributed by atoms with Gasteiger partial charge in [0.2, 0.25) is 0 Å². The highest BCUT2D eigenvalue weighted by molar-refractivity contribution is 7.76. The summed E-state index contributed by atoms with van der Waals surface area (Å²) in [6.07, 6.45) is 21.7. The van der Waals surface area contributed by atoms with Crippen molar-refractivity contribution in [3.8, 4) is 0 Å². The van der Waals surface area contributed by atoms with Crippen LogP contribution in [0.3, 0.4) is 0 Å². The molecule has 0 unspecified atom stereocenters. The Bertz CT molecular complexity index is 303. The van der Waals surface area contributed by atoms with Crippen LogP contribution in [0.25, 0.3) is 0 Å². The largest absolute Gasteiger partial charge is 0.478 e. The minimum atomic E-state index is -4.24. The molecule has 4 nitrogen and oxygen atoms in total. The van der Waals surface area contributed by atoms with Crippen molar-refractivity contribution >= 4 is 13.5 Å². The SMILES string of the molecule is CCCCCCCCCCCCCCCCCCCC(=O)[P+](O)(O)O. The molecule has 0 heterocycles. The molecule has 0 aliphatic heterocycles. The molecular formula is C20H42O4P+. The van der Waals surface area contributed by atoms with E-state index in [-0.39, 0.29) is 6.42 Å². The van der Waals surface area contributed by atoms with Gasteiger partial charge in [0.05, 0.1) is 6.42 Å². The molecule has 0 bridgehead atoms. The van der Waals surface area contributed by atoms with Crippen molar-refractivity contribution in [1.82, 2.24) is 0 Å². The highest BCUT2D eigenvalue weighted by Gasteiger charge is 2.41. The van der Waals surface area contributed by atoms with Crippen molar-refractivity contribution in [2.45, 2.75) is 122 Å². The van der Waals surface area contributed by atoms with Crippen LogP contribution in [-0.2, 0) is 4.79 Å². The third-order valence-corrected chi connectivity index (χ3v) is 5.72. The lowest BCUT2D eigenvalue weighted by Crippen LogP contribution is -2.04. The van der Waals surface area contributed by atoms with E-state index in [9.17, 15) is 4.79 Å². The standard InChI is InChI=1S/C20H42O4P/c1-2-3-4-5-6-7-8-9-10-11-12-13-14-15-16-17-18-19-20(21)25(22,23)24/h22-24H,2-19H2,1H3/q+1. The Morgan fingerprint density at radius 2 is 0.840 bits per heavy atom. The molecule has 0 spiro atoms. The van der Waals surface area contributed by atoms with Gasteiger partial charge in [-0.3, -0.25) is 0 Å². The van der Waals surface area contributed by atoms with E-state index >= 15 is 0 Å². The van der Waals surface area contributed by atoms with Crippen LogP contribution in [0.5, 0.6) is 0 Å². The fraction of sp³-hybridized carbons (Fsp3) is 0.950. The molecule has 0 saturated carbocycles. The zero-order valence-corrected chi connectivity index (χ0v) is 17.3. The Morgan fingerprint density at radius 3 is 1.12 bits per heavy atom. The van der Waals surface area contributed by atoms with Crippen LogP contribution >= 0.6 is 7.94 Å². The van der Waals surface area contributed by atoms with Crippen molar-refractivity contribution < 1.29 is 19.5 Å². The first-order chi connectivity index (χ1) is 12.0. The molecule has 0 aliphatic rings. The summed E-state index contributed by atoms with van der Waals surface area (Å²) in [6, 6.07) is 0. The quantitative estimate of drug-likeness (QED) is 0.182. The molecule has 3 N–H and O–H groups in total. The molecule has 150 valence electrons. The zero-order chi connectivity index (χ0) is 18.8. The van der Waals surface area contributed by atoms with Crippen molar-refractivity contribution in [2.75, 3.05) is 0 Å². The summed E-state index contributed by atoms with van der Waals surface area (Å²) in [5, 5.41) is 0. The molecule has 0 aromatic rings. The fourth-order valence-corrected chi connectivity index (χ4v) is 3.61. The van der Waals surface area contributed by atoms with Gasteiger partial charge in [-0.1, -0.05) is 110 Å². The normalized spacial score (nSPS) is 11.8. The lowest BCUT2D eigenvalue weighted by molar-refractivity contribution is -0.114. The molecule has 0 aliphatic carbocycles. The van der Waals surface area contributed by atoms with E-state index in [1.807, 2.05) is 0 Å². The highest BCUT2D eigenvalue weighted by Crippen LogP contribution is 2.46. The van der Waals surface area contributed by atoms with Crippen LogP contribution in [0, 0.1) is 0 Å². The van der Waals surface area contributed by atoms with Crippen LogP contribution in [0.1, 0.15) is 122 Å². The van der Waals surface area contributed by atoms with Gasteiger partial charge in [0.1, 0.15) is 0 Å². The van der Waals surface area contributed by atoms with Gasteiger partial charge in [-0.15, -0.1) is 0 Å². The van der Waals surface area contributed by atoms with Gasteiger partial charge < -0.3 is 0 Å². The second-order valence-electron chi connectivity index (χ2n) is 7.37. The topological polar surface area (TPSA) is 77.8 Å². The van der Waals surface area contributed by atoms with Crippen molar-refractivity contribution in [2.24, 2.45) is 0 Å². The Labute approximate surface area is 156 Å². The van der Waals surface area contributed by atoms with Gasteiger partial charge in [0.15, 0.2) is 0 Å². The van der Waals surface area contributed by atoms with Gasteiger partial charge in [0, 0.05) is 0 Å². The number of rotatable bonds is 19. The predicted octanol–water partition coefficient (Wildman–Crippen LogP) is 6.29. The van der Waals surface area contributed by atoms with Crippen molar-refractivity contribution in [3.63, 3.8) is 0 Å². The Balaban J connectivity index is 3.11. The maximum absolute atomic E-state index is 11.1. The van der Waals surface area contributed by atoms with Crippen LogP contribution in [0.2, 0.25) is 0 Å². The van der Waals surface area contributed by atoms with E-state index in [0.717, 1.165) is 12.8 Å². The predicted molar refractivity (Wildman–Crippen MR) is 107 cm³/mol. The van der Waals surface area contributed by atoms with E-state index in [1.165, 1.54) is 89.9 Å². The fourth-order valence-electron chi connectivity index (χ4n) is 3.15. The Hall–Kier alpha value is -0.0200. The molecule has 25 heavy (non-hydrogen) atoms. The maximum atomic E-state index is 11.1. The summed E-state index contributed by atoms with van der Waals surface area (Å²) in [5.41, 5.74) is -0.798. The monoisotopic (exact) mass is 377 g/mol. The Kier molecular flexibility index (Phi) is 17.4. The first kappa shape index (κ1) is 25.0. The van der Waals surface area contributed by atoms with Gasteiger partial charge in [-0.25, -0.2) is 4.79 Å². The summed E-state index contributed by atoms with van der Waals surface area (Å²) in [7, 11) is -4.24. The number of carbonyl (C=O) groups is 1. The van der Waals surface area contributed by atoms with E-state index in [0.29, 0.717) is 6.42 Å². The summed E-state index contributed by atoms with van der Waals surface area (Å²) in [5.74, 6) is 0. The molecule has 0 fully saturated rings. The number of carbonyl (C=O) groups excluding carboxylic acids is 1. The van der Waals surface area contributed by atoms with Crippen LogP contribution in [0.4, 0.5) is 0 Å². The van der Waals surface area contributed by atoms with E-state index in [1.54, 1.807) is 0 Å². The third kappa shape index (κ3) is 18.6. The minimum absolute atomic E-state index is 0.0792. The zero-order valence-electron chi connectivity index (χ0n) is 16.4. The average Bonchev–Trinajstić information content (AvgIpc) is 2.56. The van der Waals surface area contributed by atoms with Crippen molar-refractivity contribution in [1.29, 1.82) is 0 Å².